The van der Waals surface area contributed by atoms with Crippen molar-refractivity contribution in [1.82, 2.24) is 9.97 Å². The van der Waals surface area contributed by atoms with E-state index >= 15 is 0 Å². The summed E-state index contributed by atoms with van der Waals surface area (Å²) in [4.78, 5) is 18.3. The first kappa shape index (κ1) is 20.1. The Bertz CT molecular complexity index is 1050. The van der Waals surface area contributed by atoms with Gasteiger partial charge in [0.05, 0.1) is 16.2 Å². The van der Waals surface area contributed by atoms with E-state index in [1.165, 1.54) is 12.1 Å². The molecule has 1 N–H and O–H groups in total. The van der Waals surface area contributed by atoms with E-state index in [1.54, 1.807) is 12.1 Å². The van der Waals surface area contributed by atoms with E-state index in [9.17, 15) is 23.3 Å². The topological polar surface area (TPSA) is 90.2 Å². The van der Waals surface area contributed by atoms with Crippen molar-refractivity contribution in [2.24, 2.45) is 0 Å². The van der Waals surface area contributed by atoms with E-state index in [0.717, 1.165) is 29.6 Å². The van der Waals surface area contributed by atoms with Crippen LogP contribution < -0.4 is 10.1 Å². The van der Waals surface area contributed by atoms with Crippen LogP contribution in [0.3, 0.4) is 0 Å². The first-order valence-electron chi connectivity index (χ1n) is 8.34. The number of aromatic nitrogens is 2. The van der Waals surface area contributed by atoms with E-state index in [2.05, 4.69) is 15.3 Å². The molecule has 3 rings (SSSR count). The highest BCUT2D eigenvalue weighted by Gasteiger charge is 2.34. The Kier molecular flexibility index (Phi) is 5.35. The minimum absolute atomic E-state index is 0.311. The highest BCUT2D eigenvalue weighted by atomic mass is 19.4. The summed E-state index contributed by atoms with van der Waals surface area (Å²) in [7, 11) is 0. The number of hydrogen-bond donors (Lipinski definition) is 1. The first-order chi connectivity index (χ1) is 13.6. The van der Waals surface area contributed by atoms with Crippen molar-refractivity contribution in [2.45, 2.75) is 20.0 Å². The quantitative estimate of drug-likeness (QED) is 0.443. The largest absolute Gasteiger partial charge is 0.434 e. The third kappa shape index (κ3) is 4.60. The molecular formula is C19H15F3N4O3. The smallest absolute Gasteiger partial charge is 0.418 e. The maximum absolute atomic E-state index is 13.2. The van der Waals surface area contributed by atoms with Gasteiger partial charge in [0.2, 0.25) is 5.82 Å². The summed E-state index contributed by atoms with van der Waals surface area (Å²) in [5.74, 6) is -0.492. The van der Waals surface area contributed by atoms with Crippen molar-refractivity contribution in [3.63, 3.8) is 0 Å². The Labute approximate surface area is 163 Å². The van der Waals surface area contributed by atoms with E-state index < -0.39 is 28.2 Å². The van der Waals surface area contributed by atoms with Gasteiger partial charge in [0.1, 0.15) is 12.1 Å². The van der Waals surface area contributed by atoms with Crippen LogP contribution in [0.1, 0.15) is 16.7 Å². The average molecular weight is 404 g/mol. The average Bonchev–Trinajstić information content (AvgIpc) is 2.60. The minimum Gasteiger partial charge on any atom is -0.434 e. The third-order valence-electron chi connectivity index (χ3n) is 3.87. The summed E-state index contributed by atoms with van der Waals surface area (Å²) in [6, 6.07) is 9.81. The number of para-hydroxylation sites is 1. The Morgan fingerprint density at radius 1 is 1.07 bits per heavy atom. The van der Waals surface area contributed by atoms with Crippen LogP contribution in [-0.2, 0) is 6.18 Å². The molecule has 150 valence electrons. The second-order valence-corrected chi connectivity index (χ2v) is 6.23. The van der Waals surface area contributed by atoms with Crippen molar-refractivity contribution in [3.8, 4) is 11.6 Å². The molecule has 0 aliphatic rings. The van der Waals surface area contributed by atoms with Crippen molar-refractivity contribution in [1.29, 1.82) is 0 Å². The molecule has 0 aliphatic heterocycles. The highest BCUT2D eigenvalue weighted by molar-refractivity contribution is 5.70. The minimum atomic E-state index is -4.65. The summed E-state index contributed by atoms with van der Waals surface area (Å²) in [5.41, 5.74) is -0.296. The van der Waals surface area contributed by atoms with Crippen molar-refractivity contribution in [3.05, 3.63) is 75.6 Å². The number of rotatable bonds is 5. The van der Waals surface area contributed by atoms with Crippen molar-refractivity contribution >= 4 is 17.2 Å². The molecule has 0 amide bonds. The molecule has 29 heavy (non-hydrogen) atoms. The molecule has 0 saturated heterocycles. The zero-order valence-corrected chi connectivity index (χ0v) is 15.3. The Morgan fingerprint density at radius 2 is 1.72 bits per heavy atom. The molecule has 3 aromatic rings. The number of halogens is 3. The maximum atomic E-state index is 13.2. The molecule has 0 spiro atoms. The molecule has 2 aromatic carbocycles. The van der Waals surface area contributed by atoms with Crippen LogP contribution in [0.15, 0.2) is 48.8 Å². The number of nitrogens with one attached hydrogen (secondary N) is 1. The number of nitro groups is 1. The summed E-state index contributed by atoms with van der Waals surface area (Å²) in [6.07, 6.45) is -3.67. The fourth-order valence-corrected chi connectivity index (χ4v) is 2.76. The molecule has 0 aliphatic carbocycles. The van der Waals surface area contributed by atoms with Crippen molar-refractivity contribution < 1.29 is 22.8 Å². The van der Waals surface area contributed by atoms with Gasteiger partial charge in [0, 0.05) is 0 Å². The number of anilines is 2. The van der Waals surface area contributed by atoms with Crippen LogP contribution in [0, 0.1) is 24.0 Å². The van der Waals surface area contributed by atoms with Crippen LogP contribution >= 0.6 is 0 Å². The van der Waals surface area contributed by atoms with Gasteiger partial charge >= 0.3 is 17.7 Å². The lowest BCUT2D eigenvalue weighted by atomic mass is 10.1. The molecule has 7 nitrogen and oxygen atoms in total. The van der Waals surface area contributed by atoms with E-state index in [0.29, 0.717) is 5.75 Å². The highest BCUT2D eigenvalue weighted by Crippen LogP contribution is 2.39. The zero-order chi connectivity index (χ0) is 21.2. The van der Waals surface area contributed by atoms with E-state index in [1.807, 2.05) is 19.9 Å². The van der Waals surface area contributed by atoms with E-state index in [-0.39, 0.29) is 11.6 Å². The fraction of sp³-hybridized carbons (Fsp3) is 0.158. The Balaban J connectivity index is 2.04. The van der Waals surface area contributed by atoms with Crippen molar-refractivity contribution in [2.75, 3.05) is 5.32 Å². The van der Waals surface area contributed by atoms with E-state index in [4.69, 9.17) is 4.74 Å². The van der Waals surface area contributed by atoms with Crippen LogP contribution in [0.2, 0.25) is 0 Å². The summed E-state index contributed by atoms with van der Waals surface area (Å²) < 4.78 is 45.2. The number of hydrogen-bond acceptors (Lipinski definition) is 6. The fourth-order valence-electron chi connectivity index (χ4n) is 2.76. The Hall–Kier alpha value is -3.69. The summed E-state index contributed by atoms with van der Waals surface area (Å²) in [6.45, 7) is 3.66. The van der Waals surface area contributed by atoms with Gasteiger partial charge in [-0.05, 0) is 49.2 Å². The second-order valence-electron chi connectivity index (χ2n) is 6.23. The van der Waals surface area contributed by atoms with Gasteiger partial charge in [-0.15, -0.1) is 0 Å². The molecule has 0 bridgehead atoms. The predicted molar refractivity (Wildman–Crippen MR) is 99.4 cm³/mol. The zero-order valence-electron chi connectivity index (χ0n) is 15.3. The predicted octanol–water partition coefficient (Wildman–Crippen LogP) is 5.56. The monoisotopic (exact) mass is 404 g/mol. The van der Waals surface area contributed by atoms with Gasteiger partial charge < -0.3 is 10.1 Å². The standard InChI is InChI=1S/C19H15F3N4O3/c1-11-7-12(2)9-13(8-11)29-18-16(26(27)28)17(23-10-24-18)25-15-6-4-3-5-14(15)19(20,21)22/h3-10H,1-2H3,(H,23,24,25). The number of ether oxygens (including phenoxy) is 1. The molecule has 0 radical (unpaired) electrons. The molecule has 1 aromatic heterocycles. The second kappa shape index (κ2) is 7.74. The molecule has 0 atom stereocenters. The SMILES string of the molecule is Cc1cc(C)cc(Oc2ncnc(Nc3ccccc3C(F)(F)F)c2[N+](=O)[O-])c1. The van der Waals surface area contributed by atoms with Gasteiger partial charge in [-0.3, -0.25) is 10.1 Å². The number of benzene rings is 2. The molecule has 0 unspecified atom stereocenters. The molecule has 0 saturated carbocycles. The van der Waals surface area contributed by atoms with Crippen LogP contribution in [-0.4, -0.2) is 14.9 Å². The normalized spacial score (nSPS) is 11.2. The molecular weight excluding hydrogens is 389 g/mol. The van der Waals surface area contributed by atoms with Gasteiger partial charge in [-0.25, -0.2) is 4.98 Å². The third-order valence-corrected chi connectivity index (χ3v) is 3.87. The molecule has 1 heterocycles. The summed E-state index contributed by atoms with van der Waals surface area (Å²) >= 11 is 0. The van der Waals surface area contributed by atoms with Gasteiger partial charge in [-0.1, -0.05) is 18.2 Å². The lowest BCUT2D eigenvalue weighted by Crippen LogP contribution is -2.10. The van der Waals surface area contributed by atoms with Crippen LogP contribution in [0.25, 0.3) is 0 Å². The molecule has 0 fully saturated rings. The molecule has 10 heteroatoms. The van der Waals surface area contributed by atoms with Crippen LogP contribution in [0.4, 0.5) is 30.4 Å². The number of aryl methyl sites for hydroxylation is 2. The van der Waals surface area contributed by atoms with Gasteiger partial charge in [0.15, 0.2) is 0 Å². The van der Waals surface area contributed by atoms with Crippen LogP contribution in [0.5, 0.6) is 11.6 Å². The van der Waals surface area contributed by atoms with Gasteiger partial charge in [0.25, 0.3) is 0 Å². The summed E-state index contributed by atoms with van der Waals surface area (Å²) in [5, 5.41) is 14.0. The number of alkyl halides is 3. The number of nitrogens with zero attached hydrogens (tertiary/aromatic N) is 3. The lowest BCUT2D eigenvalue weighted by Gasteiger charge is -2.14. The van der Waals surface area contributed by atoms with Gasteiger partial charge in [-0.2, -0.15) is 18.2 Å². The first-order valence-corrected chi connectivity index (χ1v) is 8.34. The Morgan fingerprint density at radius 3 is 2.34 bits per heavy atom. The maximum Gasteiger partial charge on any atom is 0.418 e. The lowest BCUT2D eigenvalue weighted by molar-refractivity contribution is -0.385.